The Morgan fingerprint density at radius 3 is 2.50 bits per heavy atom. The van der Waals surface area contributed by atoms with E-state index in [1.165, 1.54) is 12.1 Å². The van der Waals surface area contributed by atoms with Crippen LogP contribution in [0.25, 0.3) is 0 Å². The number of rotatable bonds is 6. The molecule has 1 heterocycles. The molecule has 1 amide bonds. The van der Waals surface area contributed by atoms with Gasteiger partial charge in [0.15, 0.2) is 0 Å². The fraction of sp³-hybridized carbons (Fsp3) is 0.435. The Morgan fingerprint density at radius 2 is 1.89 bits per heavy atom. The maximum atomic E-state index is 13.4. The van der Waals surface area contributed by atoms with E-state index in [1.807, 2.05) is 32.0 Å². The second-order valence-corrected chi connectivity index (χ2v) is 7.47. The van der Waals surface area contributed by atoms with Gasteiger partial charge in [-0.3, -0.25) is 4.79 Å². The molecule has 2 aromatic carbocycles. The topological polar surface area (TPSA) is 47.6 Å². The molecule has 1 saturated heterocycles. The first-order chi connectivity index (χ1) is 13.4. The Labute approximate surface area is 166 Å². The fourth-order valence-corrected chi connectivity index (χ4v) is 3.55. The van der Waals surface area contributed by atoms with Gasteiger partial charge in [-0.2, -0.15) is 0 Å². The van der Waals surface area contributed by atoms with E-state index in [2.05, 4.69) is 12.2 Å². The molecule has 28 heavy (non-hydrogen) atoms. The van der Waals surface area contributed by atoms with Gasteiger partial charge in [-0.05, 0) is 74.6 Å². The number of halogens is 1. The Morgan fingerprint density at radius 1 is 1.21 bits per heavy atom. The average molecular weight is 385 g/mol. The summed E-state index contributed by atoms with van der Waals surface area (Å²) in [7, 11) is 0. The molecule has 0 aliphatic carbocycles. The van der Waals surface area contributed by atoms with Crippen molar-refractivity contribution >= 4 is 11.6 Å². The molecule has 150 valence electrons. The summed E-state index contributed by atoms with van der Waals surface area (Å²) in [6.07, 6.45) is 2.21. The number of hydrogen-bond acceptors (Lipinski definition) is 3. The quantitative estimate of drug-likeness (QED) is 0.761. The summed E-state index contributed by atoms with van der Waals surface area (Å²) in [4.78, 5) is 13.3. The van der Waals surface area contributed by atoms with Gasteiger partial charge >= 0.3 is 0 Å². The van der Waals surface area contributed by atoms with Crippen LogP contribution in [0.2, 0.25) is 0 Å². The van der Waals surface area contributed by atoms with Crippen molar-refractivity contribution in [3.8, 4) is 5.75 Å². The van der Waals surface area contributed by atoms with Gasteiger partial charge in [0, 0.05) is 18.9 Å². The number of hydrogen-bond donors (Lipinski definition) is 1. The molecule has 1 unspecified atom stereocenters. The second-order valence-electron chi connectivity index (χ2n) is 7.47. The molecule has 1 fully saturated rings. The van der Waals surface area contributed by atoms with Crippen LogP contribution in [0.1, 0.15) is 44.2 Å². The lowest BCUT2D eigenvalue weighted by atomic mass is 9.73. The number of ether oxygens (including phenoxy) is 2. The molecule has 0 spiro atoms. The van der Waals surface area contributed by atoms with Crippen LogP contribution in [0.4, 0.5) is 10.1 Å². The minimum atomic E-state index is -0.717. The Hall–Kier alpha value is -2.40. The van der Waals surface area contributed by atoms with Crippen molar-refractivity contribution in [3.63, 3.8) is 0 Å². The number of anilines is 1. The predicted octanol–water partition coefficient (Wildman–Crippen LogP) is 5.00. The summed E-state index contributed by atoms with van der Waals surface area (Å²) in [6.45, 7) is 7.10. The van der Waals surface area contributed by atoms with Crippen molar-refractivity contribution in [1.82, 2.24) is 0 Å². The molecule has 2 aromatic rings. The molecular formula is C23H28FNO3. The molecule has 1 aliphatic heterocycles. The lowest BCUT2D eigenvalue weighted by molar-refractivity contribution is -0.125. The van der Waals surface area contributed by atoms with Crippen LogP contribution in [-0.2, 0) is 14.9 Å². The van der Waals surface area contributed by atoms with Crippen LogP contribution < -0.4 is 10.1 Å². The van der Waals surface area contributed by atoms with Crippen molar-refractivity contribution in [2.24, 2.45) is 0 Å². The van der Waals surface area contributed by atoms with Gasteiger partial charge in [0.2, 0.25) is 5.91 Å². The van der Waals surface area contributed by atoms with E-state index in [4.69, 9.17) is 9.47 Å². The zero-order valence-electron chi connectivity index (χ0n) is 16.8. The minimum absolute atomic E-state index is 0.0857. The maximum absolute atomic E-state index is 13.4. The van der Waals surface area contributed by atoms with E-state index in [9.17, 15) is 9.18 Å². The summed E-state index contributed by atoms with van der Waals surface area (Å²) in [5.74, 6) is 0.433. The number of carbonyl (C=O) groups excluding carboxylic acids is 1. The van der Waals surface area contributed by atoms with E-state index in [0.717, 1.165) is 29.0 Å². The number of aryl methyl sites for hydroxylation is 1. The van der Waals surface area contributed by atoms with Crippen LogP contribution in [0, 0.1) is 12.7 Å². The third-order valence-corrected chi connectivity index (χ3v) is 5.51. The Bertz CT molecular complexity index is 813. The first kappa shape index (κ1) is 20.3. The molecule has 0 radical (unpaired) electrons. The average Bonchev–Trinajstić information content (AvgIpc) is 2.71. The van der Waals surface area contributed by atoms with Crippen LogP contribution in [-0.4, -0.2) is 25.2 Å². The predicted molar refractivity (Wildman–Crippen MR) is 108 cm³/mol. The summed E-state index contributed by atoms with van der Waals surface area (Å²) in [5, 5.41) is 3.06. The largest absolute Gasteiger partial charge is 0.490 e. The van der Waals surface area contributed by atoms with Crippen LogP contribution in [0.15, 0.2) is 42.5 Å². The lowest BCUT2D eigenvalue weighted by Gasteiger charge is -2.36. The summed E-state index contributed by atoms with van der Waals surface area (Å²) < 4.78 is 24.8. The second kappa shape index (κ2) is 8.74. The zero-order chi connectivity index (χ0) is 20.1. The van der Waals surface area contributed by atoms with Crippen molar-refractivity contribution in [2.75, 3.05) is 18.5 Å². The molecule has 1 N–H and O–H groups in total. The molecular weight excluding hydrogens is 357 g/mol. The van der Waals surface area contributed by atoms with Gasteiger partial charge in [-0.1, -0.05) is 19.1 Å². The van der Waals surface area contributed by atoms with Crippen molar-refractivity contribution < 1.29 is 18.7 Å². The monoisotopic (exact) mass is 385 g/mol. The highest BCUT2D eigenvalue weighted by Gasteiger charge is 2.41. The molecule has 0 bridgehead atoms. The SMILES string of the molecule is CCC(C)Oc1ccc(NC(=O)C2(c3ccc(F)cc3)CCOCC2)cc1C. The maximum Gasteiger partial charge on any atom is 0.235 e. The third kappa shape index (κ3) is 4.36. The van der Waals surface area contributed by atoms with Gasteiger partial charge in [-0.25, -0.2) is 4.39 Å². The highest BCUT2D eigenvalue weighted by Crippen LogP contribution is 2.36. The molecule has 5 heteroatoms. The number of carbonyl (C=O) groups is 1. The molecule has 3 rings (SSSR count). The van der Waals surface area contributed by atoms with Crippen LogP contribution >= 0.6 is 0 Å². The molecule has 1 aliphatic rings. The van der Waals surface area contributed by atoms with E-state index in [0.29, 0.717) is 26.1 Å². The summed E-state index contributed by atoms with van der Waals surface area (Å²) in [6, 6.07) is 11.9. The molecule has 1 atom stereocenters. The van der Waals surface area contributed by atoms with Crippen molar-refractivity contribution in [2.45, 2.75) is 51.6 Å². The molecule has 0 saturated carbocycles. The first-order valence-electron chi connectivity index (χ1n) is 9.87. The third-order valence-electron chi connectivity index (χ3n) is 5.51. The van der Waals surface area contributed by atoms with Gasteiger partial charge in [-0.15, -0.1) is 0 Å². The minimum Gasteiger partial charge on any atom is -0.490 e. The van der Waals surface area contributed by atoms with Crippen molar-refractivity contribution in [1.29, 1.82) is 0 Å². The summed E-state index contributed by atoms with van der Waals surface area (Å²) >= 11 is 0. The van der Waals surface area contributed by atoms with Crippen LogP contribution in [0.3, 0.4) is 0 Å². The first-order valence-corrected chi connectivity index (χ1v) is 9.87. The Balaban J connectivity index is 1.82. The smallest absolute Gasteiger partial charge is 0.235 e. The standard InChI is InChI=1S/C23H28FNO3/c1-4-17(3)28-21-10-9-20(15-16(21)2)25-22(26)23(11-13-27-14-12-23)18-5-7-19(24)8-6-18/h5-10,15,17H,4,11-14H2,1-3H3,(H,25,26). The fourth-order valence-electron chi connectivity index (χ4n) is 3.55. The van der Waals surface area contributed by atoms with E-state index >= 15 is 0 Å². The van der Waals surface area contributed by atoms with E-state index < -0.39 is 5.41 Å². The van der Waals surface area contributed by atoms with Crippen molar-refractivity contribution in [3.05, 3.63) is 59.4 Å². The number of nitrogens with one attached hydrogen (secondary N) is 1. The van der Waals surface area contributed by atoms with Gasteiger partial charge in [0.05, 0.1) is 11.5 Å². The van der Waals surface area contributed by atoms with E-state index in [-0.39, 0.29) is 17.8 Å². The highest BCUT2D eigenvalue weighted by atomic mass is 19.1. The normalized spacial score (nSPS) is 17.0. The zero-order valence-corrected chi connectivity index (χ0v) is 16.8. The van der Waals surface area contributed by atoms with Gasteiger partial charge in [0.25, 0.3) is 0 Å². The summed E-state index contributed by atoms with van der Waals surface area (Å²) in [5.41, 5.74) is 1.81. The highest BCUT2D eigenvalue weighted by molar-refractivity contribution is 5.99. The number of benzene rings is 2. The molecule has 4 nitrogen and oxygen atoms in total. The molecule has 0 aromatic heterocycles. The lowest BCUT2D eigenvalue weighted by Crippen LogP contribution is -2.44. The Kier molecular flexibility index (Phi) is 6.35. The van der Waals surface area contributed by atoms with Gasteiger partial charge < -0.3 is 14.8 Å². The van der Waals surface area contributed by atoms with E-state index in [1.54, 1.807) is 12.1 Å². The van der Waals surface area contributed by atoms with Crippen LogP contribution in [0.5, 0.6) is 5.75 Å². The van der Waals surface area contributed by atoms with Gasteiger partial charge in [0.1, 0.15) is 11.6 Å². The number of amides is 1.